The van der Waals surface area contributed by atoms with Gasteiger partial charge in [0, 0.05) is 5.54 Å². The molecule has 1 aromatic rings. The van der Waals surface area contributed by atoms with E-state index in [0.29, 0.717) is 6.61 Å². The van der Waals surface area contributed by atoms with E-state index in [9.17, 15) is 4.79 Å². The molecular weight excluding hydrogens is 240 g/mol. The number of rotatable bonds is 3. The predicted molar refractivity (Wildman–Crippen MR) is 74.9 cm³/mol. The lowest BCUT2D eigenvalue weighted by Gasteiger charge is -2.28. The van der Waals surface area contributed by atoms with Crippen molar-refractivity contribution < 1.29 is 9.53 Å². The number of hydrogen-bond acceptors (Lipinski definition) is 3. The highest BCUT2D eigenvalue weighted by molar-refractivity contribution is 5.68. The van der Waals surface area contributed by atoms with Gasteiger partial charge in [-0.3, -0.25) is 0 Å². The summed E-state index contributed by atoms with van der Waals surface area (Å²) in [5.41, 5.74) is 0.849. The quantitative estimate of drug-likeness (QED) is 0.879. The summed E-state index contributed by atoms with van der Waals surface area (Å²) in [6.45, 7) is 4.37. The van der Waals surface area contributed by atoms with Crippen molar-refractivity contribution in [2.45, 2.75) is 38.3 Å². The summed E-state index contributed by atoms with van der Waals surface area (Å²) in [4.78, 5) is 11.8. The zero-order valence-electron chi connectivity index (χ0n) is 11.4. The van der Waals surface area contributed by atoms with Crippen LogP contribution in [0.15, 0.2) is 30.3 Å². The Hall–Kier alpha value is -1.55. The lowest BCUT2D eigenvalue weighted by Crippen LogP contribution is -2.46. The number of amides is 1. The average Bonchev–Trinajstić information content (AvgIpc) is 2.62. The van der Waals surface area contributed by atoms with E-state index < -0.39 is 0 Å². The lowest BCUT2D eigenvalue weighted by molar-refractivity contribution is 0.126. The summed E-state index contributed by atoms with van der Waals surface area (Å²) in [5, 5.41) is 6.35. The molecule has 1 fully saturated rings. The average molecular weight is 262 g/mol. The Labute approximate surface area is 114 Å². The molecule has 19 heavy (non-hydrogen) atoms. The molecule has 0 aromatic heterocycles. The molecular formula is C15H22N2O2. The Bertz CT molecular complexity index is 398. The van der Waals surface area contributed by atoms with Gasteiger partial charge in [-0.1, -0.05) is 30.3 Å². The summed E-state index contributed by atoms with van der Waals surface area (Å²) in [6, 6.07) is 9.72. The number of carbonyl (C=O) groups is 1. The van der Waals surface area contributed by atoms with E-state index in [1.807, 2.05) is 30.3 Å². The van der Waals surface area contributed by atoms with Gasteiger partial charge in [-0.15, -0.1) is 0 Å². The highest BCUT2D eigenvalue weighted by Crippen LogP contribution is 2.18. The largest absolute Gasteiger partial charge is 0.445 e. The molecule has 1 aliphatic rings. The number of carbonyl (C=O) groups excluding carboxylic acids is 1. The van der Waals surface area contributed by atoms with Gasteiger partial charge in [0.15, 0.2) is 0 Å². The molecule has 1 heterocycles. The Morgan fingerprint density at radius 3 is 2.89 bits per heavy atom. The van der Waals surface area contributed by atoms with Gasteiger partial charge < -0.3 is 15.4 Å². The van der Waals surface area contributed by atoms with E-state index in [2.05, 4.69) is 17.6 Å². The molecule has 1 atom stereocenters. The third-order valence-electron chi connectivity index (χ3n) is 3.55. The first-order valence-corrected chi connectivity index (χ1v) is 6.88. The number of nitrogens with one attached hydrogen (secondary N) is 2. The number of alkyl carbamates (subject to hydrolysis) is 1. The van der Waals surface area contributed by atoms with Crippen molar-refractivity contribution in [2.75, 3.05) is 13.1 Å². The summed E-state index contributed by atoms with van der Waals surface area (Å²) in [7, 11) is 0. The van der Waals surface area contributed by atoms with Gasteiger partial charge in [0.1, 0.15) is 6.61 Å². The van der Waals surface area contributed by atoms with Crippen LogP contribution in [-0.4, -0.2) is 24.7 Å². The van der Waals surface area contributed by atoms with Crippen molar-refractivity contribution in [1.29, 1.82) is 0 Å². The van der Waals surface area contributed by atoms with Crippen LogP contribution in [0.5, 0.6) is 0 Å². The van der Waals surface area contributed by atoms with Crippen LogP contribution in [0.1, 0.15) is 31.7 Å². The summed E-state index contributed by atoms with van der Waals surface area (Å²) in [6.07, 6.45) is 2.68. The minimum absolute atomic E-state index is 0.155. The number of benzene rings is 1. The molecule has 0 unspecified atom stereocenters. The Balaban J connectivity index is 1.80. The van der Waals surface area contributed by atoms with Gasteiger partial charge in [-0.25, -0.2) is 4.79 Å². The van der Waals surface area contributed by atoms with Crippen LogP contribution in [0.3, 0.4) is 0 Å². The maximum absolute atomic E-state index is 11.8. The maximum Gasteiger partial charge on any atom is 0.407 e. The van der Waals surface area contributed by atoms with Crippen molar-refractivity contribution in [2.24, 2.45) is 0 Å². The van der Waals surface area contributed by atoms with Crippen LogP contribution >= 0.6 is 0 Å². The molecule has 0 bridgehead atoms. The molecule has 1 saturated heterocycles. The second kappa shape index (κ2) is 6.57. The van der Waals surface area contributed by atoms with Gasteiger partial charge in [0.25, 0.3) is 0 Å². The van der Waals surface area contributed by atoms with Crippen molar-refractivity contribution >= 4 is 6.09 Å². The van der Waals surface area contributed by atoms with Crippen molar-refractivity contribution in [3.8, 4) is 0 Å². The maximum atomic E-state index is 11.8. The first-order chi connectivity index (χ1) is 9.18. The first-order valence-electron chi connectivity index (χ1n) is 6.88. The zero-order valence-corrected chi connectivity index (χ0v) is 11.4. The molecule has 0 spiro atoms. The molecule has 0 radical (unpaired) electrons. The smallest absolute Gasteiger partial charge is 0.407 e. The second-order valence-corrected chi connectivity index (χ2v) is 5.35. The van der Waals surface area contributed by atoms with E-state index in [-0.39, 0.29) is 11.6 Å². The monoisotopic (exact) mass is 262 g/mol. The highest BCUT2D eigenvalue weighted by atomic mass is 16.5. The molecule has 1 amide bonds. The molecule has 1 aliphatic heterocycles. The van der Waals surface area contributed by atoms with Crippen LogP contribution in [0, 0.1) is 0 Å². The van der Waals surface area contributed by atoms with Gasteiger partial charge >= 0.3 is 6.09 Å². The van der Waals surface area contributed by atoms with Gasteiger partial charge in [0.05, 0.1) is 0 Å². The fraction of sp³-hybridized carbons (Fsp3) is 0.533. The Morgan fingerprint density at radius 1 is 1.32 bits per heavy atom. The summed E-state index contributed by atoms with van der Waals surface area (Å²) in [5.74, 6) is 0. The van der Waals surface area contributed by atoms with Gasteiger partial charge in [-0.05, 0) is 44.8 Å². The van der Waals surface area contributed by atoms with Crippen LogP contribution < -0.4 is 10.6 Å². The minimum atomic E-state index is -0.326. The fourth-order valence-electron chi connectivity index (χ4n) is 2.35. The number of hydrogen-bond donors (Lipinski definition) is 2. The molecule has 0 saturated carbocycles. The highest BCUT2D eigenvalue weighted by Gasteiger charge is 2.27. The SMILES string of the molecule is C[C@]1(NC(=O)OCc2ccccc2)CCCNCC1. The molecule has 2 rings (SSSR count). The van der Waals surface area contributed by atoms with E-state index in [4.69, 9.17) is 4.74 Å². The van der Waals surface area contributed by atoms with Crippen molar-refractivity contribution in [1.82, 2.24) is 10.6 Å². The normalized spacial score (nSPS) is 23.4. The van der Waals surface area contributed by atoms with Gasteiger partial charge in [-0.2, -0.15) is 0 Å². The standard InChI is InChI=1S/C15H22N2O2/c1-15(8-5-10-16-11-9-15)17-14(18)19-12-13-6-3-2-4-7-13/h2-4,6-7,16H,5,8-12H2,1H3,(H,17,18)/t15-/m0/s1. The number of ether oxygens (including phenoxy) is 1. The van der Waals surface area contributed by atoms with E-state index >= 15 is 0 Å². The summed E-state index contributed by atoms with van der Waals surface area (Å²) >= 11 is 0. The second-order valence-electron chi connectivity index (χ2n) is 5.35. The predicted octanol–water partition coefficient (Wildman–Crippen LogP) is 2.45. The topological polar surface area (TPSA) is 50.4 Å². The zero-order chi connectivity index (χ0) is 13.6. The van der Waals surface area contributed by atoms with E-state index in [0.717, 1.165) is 37.9 Å². The molecule has 4 nitrogen and oxygen atoms in total. The van der Waals surface area contributed by atoms with Crippen molar-refractivity contribution in [3.63, 3.8) is 0 Å². The Kier molecular flexibility index (Phi) is 4.80. The van der Waals surface area contributed by atoms with E-state index in [1.165, 1.54) is 0 Å². The van der Waals surface area contributed by atoms with Crippen LogP contribution in [-0.2, 0) is 11.3 Å². The molecule has 1 aromatic carbocycles. The lowest BCUT2D eigenvalue weighted by atomic mass is 9.93. The third kappa shape index (κ3) is 4.56. The fourth-order valence-corrected chi connectivity index (χ4v) is 2.35. The minimum Gasteiger partial charge on any atom is -0.445 e. The third-order valence-corrected chi connectivity index (χ3v) is 3.55. The van der Waals surface area contributed by atoms with Crippen molar-refractivity contribution in [3.05, 3.63) is 35.9 Å². The van der Waals surface area contributed by atoms with Crippen LogP contribution in [0.4, 0.5) is 4.79 Å². The van der Waals surface area contributed by atoms with Crippen LogP contribution in [0.25, 0.3) is 0 Å². The summed E-state index contributed by atoms with van der Waals surface area (Å²) < 4.78 is 5.27. The first kappa shape index (κ1) is 13.9. The molecule has 4 heteroatoms. The molecule has 104 valence electrons. The van der Waals surface area contributed by atoms with E-state index in [1.54, 1.807) is 0 Å². The van der Waals surface area contributed by atoms with Crippen LogP contribution in [0.2, 0.25) is 0 Å². The molecule has 0 aliphatic carbocycles. The molecule has 2 N–H and O–H groups in total. The Morgan fingerprint density at radius 2 is 2.11 bits per heavy atom. The van der Waals surface area contributed by atoms with Gasteiger partial charge in [0.2, 0.25) is 0 Å².